The van der Waals surface area contributed by atoms with Crippen molar-refractivity contribution in [3.63, 3.8) is 0 Å². The molecule has 0 aromatic heterocycles. The minimum absolute atomic E-state index is 0.281. The molecular formula is C5H10ClNO. The molecule has 0 aromatic carbocycles. The molecule has 1 unspecified atom stereocenters. The summed E-state index contributed by atoms with van der Waals surface area (Å²) in [5.41, 5.74) is 5.16. The van der Waals surface area contributed by atoms with Crippen LogP contribution in [0, 0.1) is 0 Å². The Kier molecular flexibility index (Phi) is 1.48. The van der Waals surface area contributed by atoms with E-state index >= 15 is 0 Å². The highest BCUT2D eigenvalue weighted by Gasteiger charge is 2.46. The first-order chi connectivity index (χ1) is 3.69. The normalized spacial score (nSPS) is 27.4. The lowest BCUT2D eigenvalue weighted by molar-refractivity contribution is 0.170. The van der Waals surface area contributed by atoms with Crippen molar-refractivity contribution in [1.29, 1.82) is 0 Å². The van der Waals surface area contributed by atoms with E-state index in [1.807, 2.05) is 0 Å². The number of aliphatic hydroxyl groups excluding tert-OH is 1. The van der Waals surface area contributed by atoms with Gasteiger partial charge >= 0.3 is 0 Å². The lowest BCUT2D eigenvalue weighted by atomic mass is 10.2. The van der Waals surface area contributed by atoms with Crippen molar-refractivity contribution in [3.05, 3.63) is 0 Å². The Morgan fingerprint density at radius 2 is 2.25 bits per heavy atom. The average molecular weight is 136 g/mol. The molecule has 48 valence electrons. The van der Waals surface area contributed by atoms with E-state index in [1.165, 1.54) is 0 Å². The van der Waals surface area contributed by atoms with Gasteiger partial charge in [0.2, 0.25) is 0 Å². The summed E-state index contributed by atoms with van der Waals surface area (Å²) < 4.78 is 0. The van der Waals surface area contributed by atoms with Crippen LogP contribution in [0.2, 0.25) is 0 Å². The summed E-state index contributed by atoms with van der Waals surface area (Å²) in [5, 5.41) is 9.00. The van der Waals surface area contributed by atoms with Crippen LogP contribution < -0.4 is 5.73 Å². The van der Waals surface area contributed by atoms with Gasteiger partial charge in [-0.1, -0.05) is 0 Å². The molecule has 1 rings (SSSR count). The zero-order valence-electron chi connectivity index (χ0n) is 4.60. The zero-order valence-corrected chi connectivity index (χ0v) is 5.36. The summed E-state index contributed by atoms with van der Waals surface area (Å²) in [5.74, 6) is 0. The van der Waals surface area contributed by atoms with E-state index in [1.54, 1.807) is 0 Å². The summed E-state index contributed by atoms with van der Waals surface area (Å²) in [6.07, 6.45) is 1.32. The molecule has 0 radical (unpaired) electrons. The SMILES string of the molecule is NCC(O)C1(Cl)CC1. The quantitative estimate of drug-likeness (QED) is 0.527. The fourth-order valence-electron chi connectivity index (χ4n) is 0.664. The highest BCUT2D eigenvalue weighted by Crippen LogP contribution is 2.45. The van der Waals surface area contributed by atoms with Crippen LogP contribution in [0.4, 0.5) is 0 Å². The predicted octanol–water partition coefficient (Wildman–Crippen LogP) is 0.0774. The number of nitrogens with two attached hydrogens (primary N) is 1. The Labute approximate surface area is 53.6 Å². The van der Waals surface area contributed by atoms with E-state index in [9.17, 15) is 0 Å². The number of hydrogen-bond acceptors (Lipinski definition) is 2. The molecule has 1 aliphatic carbocycles. The van der Waals surface area contributed by atoms with Crippen molar-refractivity contribution >= 4 is 11.6 Å². The Morgan fingerprint density at radius 3 is 2.38 bits per heavy atom. The fraction of sp³-hybridized carbons (Fsp3) is 1.00. The smallest absolute Gasteiger partial charge is 0.0853 e. The van der Waals surface area contributed by atoms with E-state index in [2.05, 4.69) is 0 Å². The zero-order chi connectivity index (χ0) is 6.20. The number of hydrogen-bond donors (Lipinski definition) is 2. The van der Waals surface area contributed by atoms with Gasteiger partial charge in [0.15, 0.2) is 0 Å². The third kappa shape index (κ3) is 0.966. The van der Waals surface area contributed by atoms with Crippen molar-refractivity contribution < 1.29 is 5.11 Å². The topological polar surface area (TPSA) is 46.2 Å². The molecule has 0 amide bonds. The lowest BCUT2D eigenvalue weighted by Gasteiger charge is -2.11. The van der Waals surface area contributed by atoms with Gasteiger partial charge in [0, 0.05) is 6.54 Å². The molecule has 0 aromatic rings. The second-order valence-electron chi connectivity index (χ2n) is 2.29. The second kappa shape index (κ2) is 1.87. The summed E-state index contributed by atoms with van der Waals surface area (Å²) >= 11 is 5.76. The monoisotopic (exact) mass is 135 g/mol. The van der Waals surface area contributed by atoms with Crippen molar-refractivity contribution in [2.45, 2.75) is 23.8 Å². The van der Waals surface area contributed by atoms with Crippen LogP contribution in [-0.4, -0.2) is 22.6 Å². The molecule has 2 nitrogen and oxygen atoms in total. The second-order valence-corrected chi connectivity index (χ2v) is 3.04. The summed E-state index contributed by atoms with van der Waals surface area (Å²) in [7, 11) is 0. The van der Waals surface area contributed by atoms with Gasteiger partial charge in [-0.05, 0) is 12.8 Å². The maximum absolute atomic E-state index is 9.00. The summed E-state index contributed by atoms with van der Waals surface area (Å²) in [6, 6.07) is 0. The predicted molar refractivity (Wildman–Crippen MR) is 32.9 cm³/mol. The Hall–Kier alpha value is 0.210. The van der Waals surface area contributed by atoms with Gasteiger partial charge in [0.05, 0.1) is 11.0 Å². The van der Waals surface area contributed by atoms with Crippen molar-refractivity contribution in [2.75, 3.05) is 6.54 Å². The molecule has 1 atom stereocenters. The highest BCUT2D eigenvalue weighted by atomic mass is 35.5. The molecule has 0 bridgehead atoms. The van der Waals surface area contributed by atoms with E-state index in [0.29, 0.717) is 0 Å². The lowest BCUT2D eigenvalue weighted by Crippen LogP contribution is -2.30. The van der Waals surface area contributed by atoms with Crippen LogP contribution in [0.25, 0.3) is 0 Å². The van der Waals surface area contributed by atoms with E-state index in [-0.39, 0.29) is 11.4 Å². The number of alkyl halides is 1. The summed E-state index contributed by atoms with van der Waals surface area (Å²) in [4.78, 5) is -0.339. The van der Waals surface area contributed by atoms with E-state index in [4.69, 9.17) is 22.4 Å². The van der Waals surface area contributed by atoms with Crippen LogP contribution in [0.1, 0.15) is 12.8 Å². The maximum Gasteiger partial charge on any atom is 0.0853 e. The van der Waals surface area contributed by atoms with Gasteiger partial charge in [0.1, 0.15) is 0 Å². The summed E-state index contributed by atoms with van der Waals surface area (Å²) in [6.45, 7) is 0.281. The Balaban J connectivity index is 2.34. The van der Waals surface area contributed by atoms with Gasteiger partial charge in [-0.25, -0.2) is 0 Å². The van der Waals surface area contributed by atoms with Crippen molar-refractivity contribution in [2.24, 2.45) is 5.73 Å². The molecule has 0 spiro atoms. The van der Waals surface area contributed by atoms with Gasteiger partial charge in [-0.3, -0.25) is 0 Å². The first-order valence-electron chi connectivity index (χ1n) is 2.76. The third-order valence-electron chi connectivity index (χ3n) is 1.55. The Bertz CT molecular complexity index is 92.4. The fourth-order valence-corrected chi connectivity index (χ4v) is 0.847. The molecule has 1 fully saturated rings. The first-order valence-corrected chi connectivity index (χ1v) is 3.14. The first kappa shape index (κ1) is 6.33. The van der Waals surface area contributed by atoms with E-state index < -0.39 is 6.10 Å². The number of aliphatic hydroxyl groups is 1. The highest BCUT2D eigenvalue weighted by molar-refractivity contribution is 6.26. The van der Waals surface area contributed by atoms with Gasteiger partial charge in [0.25, 0.3) is 0 Å². The molecule has 3 N–H and O–H groups in total. The van der Waals surface area contributed by atoms with Gasteiger partial charge in [-0.15, -0.1) is 11.6 Å². The molecule has 0 heterocycles. The standard InChI is InChI=1S/C5H10ClNO/c6-5(1-2-5)4(8)3-7/h4,8H,1-3,7H2. The van der Waals surface area contributed by atoms with Crippen LogP contribution in [0.5, 0.6) is 0 Å². The van der Waals surface area contributed by atoms with Crippen molar-refractivity contribution in [1.82, 2.24) is 0 Å². The number of rotatable bonds is 2. The van der Waals surface area contributed by atoms with Gasteiger partial charge < -0.3 is 10.8 Å². The van der Waals surface area contributed by atoms with Gasteiger partial charge in [-0.2, -0.15) is 0 Å². The number of halogens is 1. The van der Waals surface area contributed by atoms with Crippen LogP contribution in [0.15, 0.2) is 0 Å². The van der Waals surface area contributed by atoms with Crippen LogP contribution >= 0.6 is 11.6 Å². The van der Waals surface area contributed by atoms with Crippen LogP contribution in [0.3, 0.4) is 0 Å². The Morgan fingerprint density at radius 1 is 1.75 bits per heavy atom. The largest absolute Gasteiger partial charge is 0.390 e. The van der Waals surface area contributed by atoms with Crippen molar-refractivity contribution in [3.8, 4) is 0 Å². The molecule has 3 heteroatoms. The molecular weight excluding hydrogens is 126 g/mol. The molecule has 0 saturated heterocycles. The minimum atomic E-state index is -0.496. The maximum atomic E-state index is 9.00. The molecule has 1 saturated carbocycles. The average Bonchev–Trinajstić information content (AvgIpc) is 2.47. The molecule has 0 aliphatic heterocycles. The molecule has 8 heavy (non-hydrogen) atoms. The van der Waals surface area contributed by atoms with E-state index in [0.717, 1.165) is 12.8 Å². The van der Waals surface area contributed by atoms with Crippen LogP contribution in [-0.2, 0) is 0 Å². The molecule has 1 aliphatic rings. The minimum Gasteiger partial charge on any atom is -0.390 e. The third-order valence-corrected chi connectivity index (χ3v) is 2.18.